The minimum atomic E-state index is -0.127. The zero-order valence-corrected chi connectivity index (χ0v) is 13.0. The van der Waals surface area contributed by atoms with Gasteiger partial charge in [0.25, 0.3) is 0 Å². The van der Waals surface area contributed by atoms with Crippen LogP contribution in [0.5, 0.6) is 11.5 Å². The van der Waals surface area contributed by atoms with Crippen molar-refractivity contribution in [1.29, 1.82) is 5.41 Å². The Morgan fingerprint density at radius 1 is 1.32 bits per heavy atom. The van der Waals surface area contributed by atoms with Crippen LogP contribution in [0.4, 0.5) is 0 Å². The largest absolute Gasteiger partial charge is 0.496 e. The third-order valence-electron chi connectivity index (χ3n) is 2.15. The highest BCUT2D eigenvalue weighted by Crippen LogP contribution is 2.34. The summed E-state index contributed by atoms with van der Waals surface area (Å²) < 4.78 is 11.3. The van der Waals surface area contributed by atoms with E-state index in [0.717, 1.165) is 10.0 Å². The van der Waals surface area contributed by atoms with Crippen molar-refractivity contribution >= 4 is 38.8 Å². The van der Waals surface area contributed by atoms with Gasteiger partial charge >= 0.3 is 0 Å². The van der Waals surface area contributed by atoms with Gasteiger partial charge in [0.1, 0.15) is 11.5 Å². The molecule has 0 aromatic heterocycles. The molecule has 104 valence electrons. The van der Waals surface area contributed by atoms with Crippen LogP contribution < -0.4 is 20.9 Å². The van der Waals surface area contributed by atoms with E-state index in [9.17, 15) is 0 Å². The molecule has 19 heavy (non-hydrogen) atoms. The van der Waals surface area contributed by atoms with E-state index >= 15 is 0 Å². The van der Waals surface area contributed by atoms with E-state index in [1.807, 2.05) is 12.1 Å². The maximum atomic E-state index is 7.57. The van der Waals surface area contributed by atoms with Crippen LogP contribution in [0, 0.1) is 5.41 Å². The average molecular weight is 347 g/mol. The minimum absolute atomic E-state index is 0.0453. The lowest BCUT2D eigenvalue weighted by atomic mass is 10.2. The molecule has 0 saturated carbocycles. The van der Waals surface area contributed by atoms with Crippen LogP contribution in [0.3, 0.4) is 0 Å². The number of hydrogen-bond donors (Lipinski definition) is 3. The Morgan fingerprint density at radius 3 is 2.47 bits per heavy atom. The standard InChI is InChI=1S/C11H15BrN4O2S/c1-17-8-4-7(12)9(18-2)3-6(8)5-19-11(15)16-10(13)14/h3-4H,5H2,1-2H3,(H5,13,14,15,16). The summed E-state index contributed by atoms with van der Waals surface area (Å²) in [5.41, 5.74) is 11.3. The number of ether oxygens (including phenoxy) is 2. The van der Waals surface area contributed by atoms with E-state index in [0.29, 0.717) is 17.3 Å². The number of hydrogen-bond acceptors (Lipinski definition) is 4. The van der Waals surface area contributed by atoms with Crippen LogP contribution >= 0.6 is 27.7 Å². The summed E-state index contributed by atoms with van der Waals surface area (Å²) >= 11 is 4.58. The highest BCUT2D eigenvalue weighted by Gasteiger charge is 2.10. The predicted molar refractivity (Wildman–Crippen MR) is 82.1 cm³/mol. The number of amidine groups is 1. The van der Waals surface area contributed by atoms with Crippen molar-refractivity contribution < 1.29 is 9.47 Å². The summed E-state index contributed by atoms with van der Waals surface area (Å²) in [5, 5.41) is 7.62. The van der Waals surface area contributed by atoms with Gasteiger partial charge in [-0.25, -0.2) is 0 Å². The molecule has 0 aliphatic rings. The van der Waals surface area contributed by atoms with Crippen molar-refractivity contribution in [3.05, 3.63) is 22.2 Å². The van der Waals surface area contributed by atoms with E-state index in [-0.39, 0.29) is 11.1 Å². The third kappa shape index (κ3) is 4.64. The molecule has 0 amide bonds. The summed E-state index contributed by atoms with van der Waals surface area (Å²) in [6, 6.07) is 3.66. The fraction of sp³-hybridized carbons (Fsp3) is 0.273. The normalized spacial score (nSPS) is 9.84. The Hall–Kier alpha value is -1.41. The summed E-state index contributed by atoms with van der Waals surface area (Å²) in [6.45, 7) is 0. The third-order valence-corrected chi connectivity index (χ3v) is 3.59. The molecular formula is C11H15BrN4O2S. The van der Waals surface area contributed by atoms with Crippen molar-refractivity contribution in [2.45, 2.75) is 5.75 Å². The molecule has 0 radical (unpaired) electrons. The SMILES string of the molecule is COc1cc(CSC(=N)N=C(N)N)c(OC)cc1Br. The van der Waals surface area contributed by atoms with Crippen molar-refractivity contribution in [1.82, 2.24) is 0 Å². The maximum Gasteiger partial charge on any atom is 0.193 e. The van der Waals surface area contributed by atoms with Crippen LogP contribution in [0.2, 0.25) is 0 Å². The first-order chi connectivity index (χ1) is 8.97. The number of rotatable bonds is 4. The molecule has 0 heterocycles. The zero-order valence-electron chi connectivity index (χ0n) is 10.6. The first kappa shape index (κ1) is 15.6. The maximum absolute atomic E-state index is 7.57. The van der Waals surface area contributed by atoms with Gasteiger partial charge in [-0.1, -0.05) is 11.8 Å². The Labute approximate surface area is 124 Å². The van der Waals surface area contributed by atoms with Gasteiger partial charge in [0, 0.05) is 11.3 Å². The van der Waals surface area contributed by atoms with Crippen molar-refractivity contribution in [3.63, 3.8) is 0 Å². The number of guanidine groups is 1. The summed E-state index contributed by atoms with van der Waals surface area (Å²) in [7, 11) is 3.18. The van der Waals surface area contributed by atoms with Crippen molar-refractivity contribution in [2.75, 3.05) is 14.2 Å². The number of halogens is 1. The molecular weight excluding hydrogens is 332 g/mol. The summed E-state index contributed by atoms with van der Waals surface area (Å²) in [4.78, 5) is 3.65. The highest BCUT2D eigenvalue weighted by molar-refractivity contribution is 9.10. The van der Waals surface area contributed by atoms with Crippen LogP contribution in [0.1, 0.15) is 5.56 Å². The second-order valence-electron chi connectivity index (χ2n) is 3.43. The topological polar surface area (TPSA) is 107 Å². The molecule has 0 aliphatic carbocycles. The number of benzene rings is 1. The van der Waals surface area contributed by atoms with Gasteiger partial charge in [-0.3, -0.25) is 5.41 Å². The van der Waals surface area contributed by atoms with Gasteiger partial charge < -0.3 is 20.9 Å². The van der Waals surface area contributed by atoms with Gasteiger partial charge in [-0.05, 0) is 28.1 Å². The first-order valence-corrected chi connectivity index (χ1v) is 6.97. The molecule has 0 aliphatic heterocycles. The highest BCUT2D eigenvalue weighted by atomic mass is 79.9. The number of nitrogens with one attached hydrogen (secondary N) is 1. The molecule has 6 nitrogen and oxygen atoms in total. The number of thioether (sulfide) groups is 1. The number of methoxy groups -OCH3 is 2. The quantitative estimate of drug-likeness (QED) is 0.570. The zero-order chi connectivity index (χ0) is 14.4. The smallest absolute Gasteiger partial charge is 0.193 e. The molecule has 5 N–H and O–H groups in total. The Balaban J connectivity index is 2.88. The lowest BCUT2D eigenvalue weighted by Crippen LogP contribution is -2.23. The molecule has 0 spiro atoms. The Bertz CT molecular complexity index is 504. The van der Waals surface area contributed by atoms with E-state index in [1.165, 1.54) is 11.8 Å². The Morgan fingerprint density at radius 2 is 1.95 bits per heavy atom. The second kappa shape index (κ2) is 7.25. The van der Waals surface area contributed by atoms with Gasteiger partial charge in [0.15, 0.2) is 11.1 Å². The molecule has 0 fully saturated rings. The van der Waals surface area contributed by atoms with E-state index in [2.05, 4.69) is 20.9 Å². The lowest BCUT2D eigenvalue weighted by Gasteiger charge is -2.11. The van der Waals surface area contributed by atoms with Crippen LogP contribution in [-0.4, -0.2) is 25.3 Å². The second-order valence-corrected chi connectivity index (χ2v) is 5.25. The van der Waals surface area contributed by atoms with E-state index in [1.54, 1.807) is 14.2 Å². The lowest BCUT2D eigenvalue weighted by molar-refractivity contribution is 0.398. The van der Waals surface area contributed by atoms with Gasteiger partial charge in [0.2, 0.25) is 0 Å². The molecule has 0 atom stereocenters. The van der Waals surface area contributed by atoms with Crippen molar-refractivity contribution in [3.8, 4) is 11.5 Å². The molecule has 8 heteroatoms. The predicted octanol–water partition coefficient (Wildman–Crippen LogP) is 1.91. The van der Waals surface area contributed by atoms with E-state index in [4.69, 9.17) is 26.4 Å². The number of nitrogens with two attached hydrogens (primary N) is 2. The fourth-order valence-electron chi connectivity index (χ4n) is 1.33. The molecule has 0 saturated heterocycles. The summed E-state index contributed by atoms with van der Waals surface area (Å²) in [5.74, 6) is 1.78. The van der Waals surface area contributed by atoms with Crippen LogP contribution in [0.25, 0.3) is 0 Å². The van der Waals surface area contributed by atoms with E-state index < -0.39 is 0 Å². The number of aliphatic imine (C=N–C) groups is 1. The van der Waals surface area contributed by atoms with Crippen molar-refractivity contribution in [2.24, 2.45) is 16.5 Å². The molecule has 0 bridgehead atoms. The molecule has 0 unspecified atom stereocenters. The average Bonchev–Trinajstić information content (AvgIpc) is 2.35. The molecule has 1 rings (SSSR count). The summed E-state index contributed by atoms with van der Waals surface area (Å²) in [6.07, 6.45) is 0. The fourth-order valence-corrected chi connectivity index (χ4v) is 2.50. The van der Waals surface area contributed by atoms with Crippen LogP contribution in [0.15, 0.2) is 21.6 Å². The van der Waals surface area contributed by atoms with Gasteiger partial charge in [-0.15, -0.1) is 0 Å². The molecule has 1 aromatic carbocycles. The minimum Gasteiger partial charge on any atom is -0.496 e. The Kier molecular flexibility index (Phi) is 5.97. The first-order valence-electron chi connectivity index (χ1n) is 5.19. The van der Waals surface area contributed by atoms with Gasteiger partial charge in [0.05, 0.1) is 18.7 Å². The van der Waals surface area contributed by atoms with Gasteiger partial charge in [-0.2, -0.15) is 4.99 Å². The molecule has 1 aromatic rings. The van der Waals surface area contributed by atoms with Crippen LogP contribution in [-0.2, 0) is 5.75 Å². The number of nitrogens with zero attached hydrogens (tertiary/aromatic N) is 1. The monoisotopic (exact) mass is 346 g/mol.